The van der Waals surface area contributed by atoms with Crippen LogP contribution in [0.4, 0.5) is 0 Å². The highest BCUT2D eigenvalue weighted by molar-refractivity contribution is 6.30. The number of allylic oxidation sites excluding steroid dienone is 1. The number of rotatable bonds is 0. The van der Waals surface area contributed by atoms with Gasteiger partial charge in [0.25, 0.3) is 0 Å². The largest absolute Gasteiger partial charge is 0.388 e. The van der Waals surface area contributed by atoms with Gasteiger partial charge < -0.3 is 5.11 Å². The molecule has 1 N–H and O–H groups in total. The van der Waals surface area contributed by atoms with Crippen molar-refractivity contribution in [2.24, 2.45) is 0 Å². The van der Waals surface area contributed by atoms with E-state index in [4.69, 9.17) is 16.7 Å². The van der Waals surface area contributed by atoms with Crippen LogP contribution in [0.2, 0.25) is 0 Å². The Morgan fingerprint density at radius 2 is 2.33 bits per heavy atom. The van der Waals surface area contributed by atoms with E-state index in [1.807, 2.05) is 6.08 Å². The molecule has 0 aliphatic heterocycles. The first kappa shape index (κ1) is 7.10. The third-order valence-electron chi connectivity index (χ3n) is 1.59. The minimum absolute atomic E-state index is 0.380. The second-order valence-electron chi connectivity index (χ2n) is 2.39. The Labute approximate surface area is 60.3 Å². The molecule has 9 heavy (non-hydrogen) atoms. The summed E-state index contributed by atoms with van der Waals surface area (Å²) in [5.74, 6) is 0. The smallest absolute Gasteiger partial charge is 0.0892 e. The third-order valence-corrected chi connectivity index (χ3v) is 2.00. The summed E-state index contributed by atoms with van der Waals surface area (Å²) < 4.78 is 0. The predicted octanol–water partition coefficient (Wildman–Crippen LogP) is 2.04. The molecule has 0 aromatic rings. The van der Waals surface area contributed by atoms with Gasteiger partial charge in [0.1, 0.15) is 0 Å². The van der Waals surface area contributed by atoms with E-state index < -0.39 is 0 Å². The highest BCUT2D eigenvalue weighted by Crippen LogP contribution is 2.20. The molecule has 1 nitrogen and oxygen atoms in total. The molecule has 1 aliphatic rings. The van der Waals surface area contributed by atoms with Crippen LogP contribution in [0.15, 0.2) is 11.1 Å². The first-order valence-corrected chi connectivity index (χ1v) is 3.72. The van der Waals surface area contributed by atoms with Gasteiger partial charge in [-0.3, -0.25) is 0 Å². The molecular formula is C7H11ClO. The zero-order valence-electron chi connectivity index (χ0n) is 5.31. The molecular weight excluding hydrogens is 136 g/mol. The lowest BCUT2D eigenvalue weighted by Crippen LogP contribution is -2.03. The van der Waals surface area contributed by atoms with E-state index >= 15 is 0 Å². The summed E-state index contributed by atoms with van der Waals surface area (Å²) in [5.41, 5.74) is 0. The maximum atomic E-state index is 9.16. The van der Waals surface area contributed by atoms with Crippen LogP contribution in [0, 0.1) is 0 Å². The maximum Gasteiger partial charge on any atom is 0.0892 e. The van der Waals surface area contributed by atoms with Crippen molar-refractivity contribution in [2.45, 2.75) is 31.8 Å². The lowest BCUT2D eigenvalue weighted by Gasteiger charge is -2.03. The Balaban J connectivity index is 2.51. The Kier molecular flexibility index (Phi) is 2.55. The monoisotopic (exact) mass is 146 g/mol. The predicted molar refractivity (Wildman–Crippen MR) is 38.4 cm³/mol. The number of hydrogen-bond acceptors (Lipinski definition) is 1. The maximum absolute atomic E-state index is 9.16. The number of halogens is 1. The summed E-state index contributed by atoms with van der Waals surface area (Å²) in [5, 5.41) is 9.79. The fourth-order valence-corrected chi connectivity index (χ4v) is 1.21. The van der Waals surface area contributed by atoms with E-state index in [-0.39, 0.29) is 6.10 Å². The van der Waals surface area contributed by atoms with Crippen molar-refractivity contribution in [1.82, 2.24) is 0 Å². The molecule has 0 amide bonds. The van der Waals surface area contributed by atoms with Crippen LogP contribution in [-0.4, -0.2) is 11.2 Å². The van der Waals surface area contributed by atoms with Crippen LogP contribution in [-0.2, 0) is 0 Å². The zero-order valence-corrected chi connectivity index (χ0v) is 6.06. The van der Waals surface area contributed by atoms with E-state index in [0.717, 1.165) is 25.7 Å². The minimum atomic E-state index is -0.380. The lowest BCUT2D eigenvalue weighted by molar-refractivity contribution is 0.207. The van der Waals surface area contributed by atoms with E-state index in [2.05, 4.69) is 0 Å². The first-order valence-electron chi connectivity index (χ1n) is 3.34. The van der Waals surface area contributed by atoms with Gasteiger partial charge in [-0.2, -0.15) is 0 Å². The van der Waals surface area contributed by atoms with Gasteiger partial charge in [0.2, 0.25) is 0 Å². The SMILES string of the molecule is OC1CCCCC=C1Cl. The molecule has 1 unspecified atom stereocenters. The van der Waals surface area contributed by atoms with Crippen LogP contribution in [0.1, 0.15) is 25.7 Å². The first-order chi connectivity index (χ1) is 4.30. The zero-order chi connectivity index (χ0) is 6.69. The summed E-state index contributed by atoms with van der Waals surface area (Å²) in [6.45, 7) is 0. The molecule has 0 fully saturated rings. The lowest BCUT2D eigenvalue weighted by atomic mass is 10.2. The Morgan fingerprint density at radius 1 is 1.56 bits per heavy atom. The van der Waals surface area contributed by atoms with Crippen molar-refractivity contribution in [3.8, 4) is 0 Å². The normalized spacial score (nSPS) is 29.1. The fraction of sp³-hybridized carbons (Fsp3) is 0.714. The molecule has 0 aromatic heterocycles. The second kappa shape index (κ2) is 3.23. The Morgan fingerprint density at radius 3 is 3.11 bits per heavy atom. The molecule has 1 aliphatic carbocycles. The van der Waals surface area contributed by atoms with Gasteiger partial charge in [-0.15, -0.1) is 0 Å². The van der Waals surface area contributed by atoms with Gasteiger partial charge in [0, 0.05) is 5.03 Å². The van der Waals surface area contributed by atoms with Gasteiger partial charge in [0.15, 0.2) is 0 Å². The van der Waals surface area contributed by atoms with E-state index in [1.165, 1.54) is 0 Å². The third kappa shape index (κ3) is 1.99. The van der Waals surface area contributed by atoms with Crippen LogP contribution in [0.5, 0.6) is 0 Å². The summed E-state index contributed by atoms with van der Waals surface area (Å²) >= 11 is 5.68. The topological polar surface area (TPSA) is 20.2 Å². The van der Waals surface area contributed by atoms with Crippen molar-refractivity contribution in [3.63, 3.8) is 0 Å². The number of aliphatic hydroxyl groups excluding tert-OH is 1. The molecule has 52 valence electrons. The second-order valence-corrected chi connectivity index (χ2v) is 2.83. The van der Waals surface area contributed by atoms with Gasteiger partial charge in [-0.25, -0.2) is 0 Å². The average molecular weight is 147 g/mol. The summed E-state index contributed by atoms with van der Waals surface area (Å²) in [4.78, 5) is 0. The van der Waals surface area contributed by atoms with Gasteiger partial charge in [-0.1, -0.05) is 24.1 Å². The number of hydrogen-bond donors (Lipinski definition) is 1. The van der Waals surface area contributed by atoms with E-state index in [0.29, 0.717) is 5.03 Å². The van der Waals surface area contributed by atoms with Gasteiger partial charge in [0.05, 0.1) is 6.10 Å². The Hall–Kier alpha value is -0.0100. The molecule has 0 aromatic carbocycles. The average Bonchev–Trinajstić information content (AvgIpc) is 1.99. The van der Waals surface area contributed by atoms with Crippen LogP contribution < -0.4 is 0 Å². The summed E-state index contributed by atoms with van der Waals surface area (Å²) in [7, 11) is 0. The molecule has 0 saturated carbocycles. The van der Waals surface area contributed by atoms with Crippen molar-refractivity contribution in [1.29, 1.82) is 0 Å². The van der Waals surface area contributed by atoms with Crippen LogP contribution >= 0.6 is 11.6 Å². The summed E-state index contributed by atoms with van der Waals surface area (Å²) in [6, 6.07) is 0. The quantitative estimate of drug-likeness (QED) is 0.555. The Bertz CT molecular complexity index is 120. The molecule has 0 bridgehead atoms. The van der Waals surface area contributed by atoms with Crippen molar-refractivity contribution < 1.29 is 5.11 Å². The van der Waals surface area contributed by atoms with Crippen molar-refractivity contribution >= 4 is 11.6 Å². The summed E-state index contributed by atoms with van der Waals surface area (Å²) in [6.07, 6.45) is 5.64. The highest BCUT2D eigenvalue weighted by atomic mass is 35.5. The van der Waals surface area contributed by atoms with E-state index in [9.17, 15) is 0 Å². The molecule has 2 heteroatoms. The van der Waals surface area contributed by atoms with Crippen molar-refractivity contribution in [2.75, 3.05) is 0 Å². The highest BCUT2D eigenvalue weighted by Gasteiger charge is 2.09. The van der Waals surface area contributed by atoms with Crippen LogP contribution in [0.3, 0.4) is 0 Å². The standard InChI is InChI=1S/C7H11ClO/c8-6-4-2-1-3-5-7(6)9/h4,7,9H,1-3,5H2. The van der Waals surface area contributed by atoms with E-state index in [1.54, 1.807) is 0 Å². The molecule has 0 spiro atoms. The van der Waals surface area contributed by atoms with Crippen molar-refractivity contribution in [3.05, 3.63) is 11.1 Å². The number of aliphatic hydroxyl groups is 1. The van der Waals surface area contributed by atoms with Crippen LogP contribution in [0.25, 0.3) is 0 Å². The molecule has 1 rings (SSSR count). The fourth-order valence-electron chi connectivity index (χ4n) is 0.996. The molecule has 1 atom stereocenters. The van der Waals surface area contributed by atoms with Gasteiger partial charge in [-0.05, 0) is 19.3 Å². The minimum Gasteiger partial charge on any atom is -0.388 e. The molecule has 0 radical (unpaired) electrons. The van der Waals surface area contributed by atoms with Gasteiger partial charge >= 0.3 is 0 Å². The molecule has 0 saturated heterocycles. The molecule has 0 heterocycles.